The summed E-state index contributed by atoms with van der Waals surface area (Å²) in [5.41, 5.74) is 1.92. The van der Waals surface area contributed by atoms with Crippen molar-refractivity contribution in [2.75, 3.05) is 0 Å². The predicted octanol–water partition coefficient (Wildman–Crippen LogP) is 0.503. The molecule has 0 amide bonds. The summed E-state index contributed by atoms with van der Waals surface area (Å²) >= 11 is 0. The van der Waals surface area contributed by atoms with Gasteiger partial charge in [-0.25, -0.2) is 0 Å². The molecule has 3 N–H and O–H groups in total. The number of fused-ring (bicyclic) bond motifs is 1. The molecule has 66 valence electrons. The molecule has 2 heterocycles. The van der Waals surface area contributed by atoms with Gasteiger partial charge in [-0.05, 0) is 5.92 Å². The van der Waals surface area contributed by atoms with Crippen molar-refractivity contribution in [1.82, 2.24) is 15.5 Å². The number of nitrogens with one attached hydrogen (secondary N) is 3. The first-order valence-electron chi connectivity index (χ1n) is 4.23. The topological polar surface area (TPSA) is 60.7 Å². The minimum atomic E-state index is 0.0145. The van der Waals surface area contributed by atoms with Crippen molar-refractivity contribution >= 4 is 0 Å². The Morgan fingerprint density at radius 1 is 1.42 bits per heavy atom. The van der Waals surface area contributed by atoms with Crippen LogP contribution >= 0.6 is 0 Å². The van der Waals surface area contributed by atoms with Crippen molar-refractivity contribution in [3.8, 4) is 0 Å². The van der Waals surface area contributed by atoms with Gasteiger partial charge in [-0.3, -0.25) is 9.89 Å². The number of H-pyrrole nitrogens is 2. The van der Waals surface area contributed by atoms with E-state index in [1.54, 1.807) is 0 Å². The Labute approximate surface area is 70.4 Å². The van der Waals surface area contributed by atoms with Gasteiger partial charge in [-0.1, -0.05) is 13.8 Å². The first kappa shape index (κ1) is 7.61. The highest BCUT2D eigenvalue weighted by molar-refractivity contribution is 5.25. The lowest BCUT2D eigenvalue weighted by molar-refractivity contribution is 0.431. The van der Waals surface area contributed by atoms with E-state index in [2.05, 4.69) is 29.4 Å². The molecule has 0 saturated carbocycles. The van der Waals surface area contributed by atoms with Crippen LogP contribution in [0.25, 0.3) is 0 Å². The third-order valence-corrected chi connectivity index (χ3v) is 2.39. The van der Waals surface area contributed by atoms with E-state index in [4.69, 9.17) is 0 Å². The number of aromatic nitrogens is 2. The molecule has 1 aliphatic rings. The highest BCUT2D eigenvalue weighted by atomic mass is 16.1. The molecule has 0 fully saturated rings. The van der Waals surface area contributed by atoms with Crippen molar-refractivity contribution < 1.29 is 0 Å². The summed E-state index contributed by atoms with van der Waals surface area (Å²) in [7, 11) is 0. The third kappa shape index (κ3) is 0.914. The van der Waals surface area contributed by atoms with E-state index in [-0.39, 0.29) is 5.56 Å². The fourth-order valence-electron chi connectivity index (χ4n) is 1.72. The van der Waals surface area contributed by atoms with Crippen molar-refractivity contribution in [1.29, 1.82) is 0 Å². The van der Waals surface area contributed by atoms with E-state index in [1.165, 1.54) is 0 Å². The second-order valence-electron chi connectivity index (χ2n) is 3.57. The standard InChI is InChI=1S/C8H13N3O/c1-4(2)6-7-5(3-9-6)8(12)11-10-7/h4,6,9H,3H2,1-2H3,(H2,10,11,12). The maximum Gasteiger partial charge on any atom is 0.268 e. The van der Waals surface area contributed by atoms with Crippen LogP contribution in [0, 0.1) is 5.92 Å². The van der Waals surface area contributed by atoms with Crippen LogP contribution in [-0.2, 0) is 6.54 Å². The second-order valence-corrected chi connectivity index (χ2v) is 3.57. The smallest absolute Gasteiger partial charge is 0.268 e. The largest absolute Gasteiger partial charge is 0.304 e. The quantitative estimate of drug-likeness (QED) is 0.570. The molecule has 0 radical (unpaired) electrons. The lowest BCUT2D eigenvalue weighted by atomic mass is 10.0. The third-order valence-electron chi connectivity index (χ3n) is 2.39. The molecule has 1 unspecified atom stereocenters. The summed E-state index contributed by atoms with van der Waals surface area (Å²) in [4.78, 5) is 11.2. The van der Waals surface area contributed by atoms with E-state index in [1.807, 2.05) is 0 Å². The second kappa shape index (κ2) is 2.48. The van der Waals surface area contributed by atoms with E-state index in [0.717, 1.165) is 11.3 Å². The predicted molar refractivity (Wildman–Crippen MR) is 45.8 cm³/mol. The summed E-state index contributed by atoms with van der Waals surface area (Å²) in [6.07, 6.45) is 0. The Bertz CT molecular complexity index is 336. The van der Waals surface area contributed by atoms with Gasteiger partial charge in [-0.2, -0.15) is 0 Å². The van der Waals surface area contributed by atoms with Crippen LogP contribution in [0.4, 0.5) is 0 Å². The van der Waals surface area contributed by atoms with E-state index >= 15 is 0 Å². The first-order valence-corrected chi connectivity index (χ1v) is 4.23. The number of rotatable bonds is 1. The van der Waals surface area contributed by atoms with Crippen LogP contribution in [0.15, 0.2) is 4.79 Å². The Hall–Kier alpha value is -1.03. The van der Waals surface area contributed by atoms with Crippen molar-refractivity contribution in [2.45, 2.75) is 26.4 Å². The van der Waals surface area contributed by atoms with Crippen LogP contribution < -0.4 is 10.9 Å². The van der Waals surface area contributed by atoms with Crippen LogP contribution in [0.1, 0.15) is 31.1 Å². The van der Waals surface area contributed by atoms with Gasteiger partial charge in [0.25, 0.3) is 5.56 Å². The van der Waals surface area contributed by atoms with Crippen molar-refractivity contribution in [3.05, 3.63) is 21.6 Å². The number of hydrogen-bond acceptors (Lipinski definition) is 2. The maximum atomic E-state index is 11.2. The average molecular weight is 167 g/mol. The van der Waals surface area contributed by atoms with Gasteiger partial charge in [0, 0.05) is 6.54 Å². The molecule has 0 spiro atoms. The minimum absolute atomic E-state index is 0.0145. The van der Waals surface area contributed by atoms with E-state index < -0.39 is 0 Å². The van der Waals surface area contributed by atoms with Gasteiger partial charge in [0.15, 0.2) is 0 Å². The normalized spacial score (nSPS) is 21.8. The number of aromatic amines is 2. The Balaban J connectivity index is 2.43. The van der Waals surface area contributed by atoms with Crippen LogP contribution in [-0.4, -0.2) is 10.2 Å². The highest BCUT2D eigenvalue weighted by Gasteiger charge is 2.27. The Morgan fingerprint density at radius 3 is 2.83 bits per heavy atom. The highest BCUT2D eigenvalue weighted by Crippen LogP contribution is 2.26. The molecule has 1 aromatic rings. The SMILES string of the molecule is CC(C)C1NCc2c1[nH][nH]c2=O. The van der Waals surface area contributed by atoms with Gasteiger partial charge in [-0.15, -0.1) is 0 Å². The van der Waals surface area contributed by atoms with Gasteiger partial charge >= 0.3 is 0 Å². The molecule has 0 saturated heterocycles. The van der Waals surface area contributed by atoms with Crippen LogP contribution in [0.3, 0.4) is 0 Å². The lowest BCUT2D eigenvalue weighted by Crippen LogP contribution is -2.19. The summed E-state index contributed by atoms with van der Waals surface area (Å²) in [5, 5.41) is 8.81. The molecule has 1 aliphatic heterocycles. The zero-order valence-electron chi connectivity index (χ0n) is 7.27. The molecule has 4 nitrogen and oxygen atoms in total. The molecule has 2 rings (SSSR count). The minimum Gasteiger partial charge on any atom is -0.304 e. The summed E-state index contributed by atoms with van der Waals surface area (Å²) in [6, 6.07) is 0.305. The molecule has 1 atom stereocenters. The monoisotopic (exact) mass is 167 g/mol. The number of hydrogen-bond donors (Lipinski definition) is 3. The molecule has 0 aromatic carbocycles. The van der Waals surface area contributed by atoms with Gasteiger partial charge in [0.2, 0.25) is 0 Å². The molecule has 1 aromatic heterocycles. The Morgan fingerprint density at radius 2 is 2.17 bits per heavy atom. The molecule has 0 bridgehead atoms. The molecule has 4 heteroatoms. The molecular weight excluding hydrogens is 154 g/mol. The summed E-state index contributed by atoms with van der Waals surface area (Å²) in [5.74, 6) is 0.512. The fourth-order valence-corrected chi connectivity index (χ4v) is 1.72. The van der Waals surface area contributed by atoms with Gasteiger partial charge in [0.1, 0.15) is 0 Å². The zero-order chi connectivity index (χ0) is 8.72. The Kier molecular flexibility index (Phi) is 1.58. The average Bonchev–Trinajstić information content (AvgIpc) is 2.53. The molecule has 0 aliphatic carbocycles. The van der Waals surface area contributed by atoms with Gasteiger partial charge in [0.05, 0.1) is 17.3 Å². The summed E-state index contributed by atoms with van der Waals surface area (Å²) in [6.45, 7) is 4.97. The zero-order valence-corrected chi connectivity index (χ0v) is 7.27. The maximum absolute atomic E-state index is 11.2. The fraction of sp³-hybridized carbons (Fsp3) is 0.625. The van der Waals surface area contributed by atoms with Crippen molar-refractivity contribution in [2.24, 2.45) is 5.92 Å². The van der Waals surface area contributed by atoms with Crippen LogP contribution in [0.2, 0.25) is 0 Å². The lowest BCUT2D eigenvalue weighted by Gasteiger charge is -2.14. The van der Waals surface area contributed by atoms with Crippen LogP contribution in [0.5, 0.6) is 0 Å². The van der Waals surface area contributed by atoms with E-state index in [9.17, 15) is 4.79 Å². The summed E-state index contributed by atoms with van der Waals surface area (Å²) < 4.78 is 0. The van der Waals surface area contributed by atoms with Gasteiger partial charge < -0.3 is 10.4 Å². The van der Waals surface area contributed by atoms with Crippen molar-refractivity contribution in [3.63, 3.8) is 0 Å². The molecule has 12 heavy (non-hydrogen) atoms. The first-order chi connectivity index (χ1) is 5.70. The van der Waals surface area contributed by atoms with E-state index in [0.29, 0.717) is 18.5 Å². The molecular formula is C8H13N3O.